The van der Waals surface area contributed by atoms with Crippen LogP contribution in [0.2, 0.25) is 0 Å². The van der Waals surface area contributed by atoms with Crippen LogP contribution in [0.25, 0.3) is 0 Å². The summed E-state index contributed by atoms with van der Waals surface area (Å²) >= 11 is 0. The number of rotatable bonds is 1. The molecule has 0 unspecified atom stereocenters. The number of Topliss-reactive ketones (excluding diaryl/α,β-unsaturated/α-hetero) is 1. The number of allylic oxidation sites excluding steroid dienone is 2. The van der Waals surface area contributed by atoms with Crippen LogP contribution >= 0.6 is 0 Å². The molecule has 68 valence electrons. The number of ketones is 1. The van der Waals surface area contributed by atoms with Crippen LogP contribution < -0.4 is 0 Å². The first-order chi connectivity index (χ1) is 5.65. The number of carbonyl (C=O) groups excluding carboxylic acids is 1. The smallest absolute Gasteiger partial charge is 0.159 e. The second-order valence-corrected chi connectivity index (χ2v) is 3.92. The van der Waals surface area contributed by atoms with Crippen molar-refractivity contribution in [1.82, 2.24) is 0 Å². The van der Waals surface area contributed by atoms with Gasteiger partial charge >= 0.3 is 0 Å². The Morgan fingerprint density at radius 1 is 1.50 bits per heavy atom. The highest BCUT2D eigenvalue weighted by atomic mass is 16.1. The van der Waals surface area contributed by atoms with Gasteiger partial charge in [-0.15, -0.1) is 0 Å². The van der Waals surface area contributed by atoms with Crippen LogP contribution in [0.5, 0.6) is 0 Å². The average molecular weight is 166 g/mol. The molecule has 1 heteroatoms. The van der Waals surface area contributed by atoms with Crippen molar-refractivity contribution in [3.63, 3.8) is 0 Å². The molecule has 1 rings (SSSR count). The Morgan fingerprint density at radius 3 is 2.58 bits per heavy atom. The Balaban J connectivity index is 2.67. The van der Waals surface area contributed by atoms with Gasteiger partial charge in [0, 0.05) is 6.42 Å². The predicted octanol–water partition coefficient (Wildman–Crippen LogP) is 3.10. The highest BCUT2D eigenvalue weighted by Crippen LogP contribution is 2.29. The van der Waals surface area contributed by atoms with Crippen molar-refractivity contribution in [2.24, 2.45) is 5.92 Å². The Labute approximate surface area is 74.9 Å². The molecule has 1 saturated carbocycles. The summed E-state index contributed by atoms with van der Waals surface area (Å²) in [6.07, 6.45) is 4.17. The molecule has 0 aromatic heterocycles. The minimum absolute atomic E-state index is 0.396. The molecule has 0 aliphatic heterocycles. The van der Waals surface area contributed by atoms with Gasteiger partial charge in [-0.1, -0.05) is 18.9 Å². The van der Waals surface area contributed by atoms with E-state index in [-0.39, 0.29) is 0 Å². The lowest BCUT2D eigenvalue weighted by Crippen LogP contribution is -2.17. The molecular weight excluding hydrogens is 148 g/mol. The van der Waals surface area contributed by atoms with Gasteiger partial charge < -0.3 is 0 Å². The van der Waals surface area contributed by atoms with Gasteiger partial charge in [0.25, 0.3) is 0 Å². The van der Waals surface area contributed by atoms with Crippen LogP contribution in [0.3, 0.4) is 0 Å². The van der Waals surface area contributed by atoms with Gasteiger partial charge in [0.2, 0.25) is 0 Å². The van der Waals surface area contributed by atoms with Gasteiger partial charge in [-0.25, -0.2) is 0 Å². The van der Waals surface area contributed by atoms with Crippen molar-refractivity contribution in [2.75, 3.05) is 0 Å². The monoisotopic (exact) mass is 166 g/mol. The first kappa shape index (κ1) is 9.50. The SMILES string of the molecule is CC[C@@H]1CCC(=C(C)C)C(=O)C1. The Hall–Kier alpha value is -0.590. The molecule has 0 aromatic rings. The Morgan fingerprint density at radius 2 is 2.17 bits per heavy atom. The summed E-state index contributed by atoms with van der Waals surface area (Å²) in [4.78, 5) is 11.5. The van der Waals surface area contributed by atoms with Gasteiger partial charge in [0.15, 0.2) is 5.78 Å². The maximum absolute atomic E-state index is 11.5. The van der Waals surface area contributed by atoms with Crippen molar-refractivity contribution < 1.29 is 4.79 Å². The zero-order valence-corrected chi connectivity index (χ0v) is 8.31. The fraction of sp³-hybridized carbons (Fsp3) is 0.727. The first-order valence-electron chi connectivity index (χ1n) is 4.84. The topological polar surface area (TPSA) is 17.1 Å². The van der Waals surface area contributed by atoms with Gasteiger partial charge in [0.1, 0.15) is 0 Å². The number of hydrogen-bond donors (Lipinski definition) is 0. The third-order valence-electron chi connectivity index (χ3n) is 2.79. The van der Waals surface area contributed by atoms with E-state index < -0.39 is 0 Å². The van der Waals surface area contributed by atoms with Crippen LogP contribution in [-0.4, -0.2) is 5.78 Å². The Bertz CT molecular complexity index is 209. The zero-order valence-electron chi connectivity index (χ0n) is 8.31. The van der Waals surface area contributed by atoms with E-state index in [1.165, 1.54) is 12.0 Å². The van der Waals surface area contributed by atoms with E-state index in [0.717, 1.165) is 24.8 Å². The van der Waals surface area contributed by atoms with Crippen LogP contribution in [-0.2, 0) is 4.79 Å². The van der Waals surface area contributed by atoms with Crippen LogP contribution in [0.4, 0.5) is 0 Å². The third-order valence-corrected chi connectivity index (χ3v) is 2.79. The molecule has 0 bridgehead atoms. The van der Waals surface area contributed by atoms with E-state index in [1.54, 1.807) is 0 Å². The minimum Gasteiger partial charge on any atom is -0.295 e. The molecule has 1 nitrogen and oxygen atoms in total. The summed E-state index contributed by atoms with van der Waals surface area (Å²) in [6, 6.07) is 0. The molecule has 0 aromatic carbocycles. The molecule has 0 saturated heterocycles. The number of hydrogen-bond acceptors (Lipinski definition) is 1. The predicted molar refractivity (Wildman–Crippen MR) is 51.0 cm³/mol. The fourth-order valence-electron chi connectivity index (χ4n) is 1.85. The molecule has 1 fully saturated rings. The lowest BCUT2D eigenvalue weighted by Gasteiger charge is -2.22. The highest BCUT2D eigenvalue weighted by molar-refractivity contribution is 5.96. The van der Waals surface area contributed by atoms with Crippen molar-refractivity contribution >= 4 is 5.78 Å². The largest absolute Gasteiger partial charge is 0.295 e. The van der Waals surface area contributed by atoms with Crippen LogP contribution in [0.15, 0.2) is 11.1 Å². The van der Waals surface area contributed by atoms with Crippen molar-refractivity contribution in [3.05, 3.63) is 11.1 Å². The molecule has 12 heavy (non-hydrogen) atoms. The summed E-state index contributed by atoms with van der Waals surface area (Å²) in [5, 5.41) is 0. The maximum Gasteiger partial charge on any atom is 0.159 e. The van der Waals surface area contributed by atoms with Crippen molar-refractivity contribution in [1.29, 1.82) is 0 Å². The van der Waals surface area contributed by atoms with Crippen LogP contribution in [0.1, 0.15) is 46.5 Å². The lowest BCUT2D eigenvalue weighted by molar-refractivity contribution is -0.117. The molecule has 0 spiro atoms. The van der Waals surface area contributed by atoms with Gasteiger partial charge in [-0.05, 0) is 38.2 Å². The molecule has 1 aliphatic carbocycles. The summed E-state index contributed by atoms with van der Waals surface area (Å²) < 4.78 is 0. The lowest BCUT2D eigenvalue weighted by atomic mass is 9.82. The molecule has 1 atom stereocenters. The highest BCUT2D eigenvalue weighted by Gasteiger charge is 2.22. The van der Waals surface area contributed by atoms with Gasteiger partial charge in [0.05, 0.1) is 0 Å². The standard InChI is InChI=1S/C11H18O/c1-4-9-5-6-10(8(2)3)11(12)7-9/h9H,4-7H2,1-3H3/t9-/m1/s1. The summed E-state index contributed by atoms with van der Waals surface area (Å²) in [5.74, 6) is 1.05. The average Bonchev–Trinajstić information content (AvgIpc) is 2.03. The van der Waals surface area contributed by atoms with E-state index in [1.807, 2.05) is 13.8 Å². The summed E-state index contributed by atoms with van der Waals surface area (Å²) in [6.45, 7) is 6.25. The first-order valence-corrected chi connectivity index (χ1v) is 4.84. The van der Waals surface area contributed by atoms with Crippen LogP contribution in [0, 0.1) is 5.92 Å². The molecule has 0 amide bonds. The van der Waals surface area contributed by atoms with E-state index in [0.29, 0.717) is 11.7 Å². The second-order valence-electron chi connectivity index (χ2n) is 3.92. The second kappa shape index (κ2) is 3.88. The van der Waals surface area contributed by atoms with Gasteiger partial charge in [-0.2, -0.15) is 0 Å². The molecule has 0 heterocycles. The van der Waals surface area contributed by atoms with E-state index in [4.69, 9.17) is 0 Å². The molecular formula is C11H18O. The quantitative estimate of drug-likeness (QED) is 0.547. The maximum atomic E-state index is 11.5. The normalized spacial score (nSPS) is 24.4. The minimum atomic E-state index is 0.396. The third kappa shape index (κ3) is 1.96. The molecule has 1 aliphatic rings. The van der Waals surface area contributed by atoms with E-state index >= 15 is 0 Å². The molecule has 0 N–H and O–H groups in total. The molecule has 0 radical (unpaired) electrons. The number of carbonyl (C=O) groups is 1. The van der Waals surface area contributed by atoms with Crippen molar-refractivity contribution in [2.45, 2.75) is 46.5 Å². The summed E-state index contributed by atoms with van der Waals surface area (Å²) in [7, 11) is 0. The fourth-order valence-corrected chi connectivity index (χ4v) is 1.85. The van der Waals surface area contributed by atoms with Gasteiger partial charge in [-0.3, -0.25) is 4.79 Å². The Kier molecular flexibility index (Phi) is 3.07. The van der Waals surface area contributed by atoms with E-state index in [2.05, 4.69) is 6.92 Å². The van der Waals surface area contributed by atoms with Crippen molar-refractivity contribution in [3.8, 4) is 0 Å². The zero-order chi connectivity index (χ0) is 9.14. The summed E-state index contributed by atoms with van der Waals surface area (Å²) in [5.41, 5.74) is 2.31. The van der Waals surface area contributed by atoms with E-state index in [9.17, 15) is 4.79 Å².